The third-order valence-electron chi connectivity index (χ3n) is 4.06. The largest absolute Gasteiger partial charge is 0.436 e. The molecule has 160 valence electrons. The Labute approximate surface area is 163 Å². The number of aromatic nitrogens is 3. The number of aryl methyl sites for hydroxylation is 1. The number of ether oxygens (including phenoxy) is 1. The third kappa shape index (κ3) is 4.07. The molecule has 0 aliphatic carbocycles. The summed E-state index contributed by atoms with van der Waals surface area (Å²) in [6.45, 7) is 0.982. The summed E-state index contributed by atoms with van der Waals surface area (Å²) in [5.74, 6) is -3.93. The Bertz CT molecular complexity index is 1100. The highest BCUT2D eigenvalue weighted by molar-refractivity contribution is 5.59. The van der Waals surface area contributed by atoms with Crippen LogP contribution in [0.25, 0.3) is 11.4 Å². The molecule has 1 aromatic carbocycles. The van der Waals surface area contributed by atoms with Gasteiger partial charge >= 0.3 is 12.4 Å². The third-order valence-corrected chi connectivity index (χ3v) is 4.06. The second-order valence-corrected chi connectivity index (χ2v) is 6.18. The molecule has 0 bridgehead atoms. The predicted octanol–water partition coefficient (Wildman–Crippen LogP) is 5.90. The van der Waals surface area contributed by atoms with Crippen molar-refractivity contribution in [3.05, 3.63) is 58.8 Å². The van der Waals surface area contributed by atoms with Gasteiger partial charge in [0.25, 0.3) is 5.88 Å². The first-order valence-electron chi connectivity index (χ1n) is 8.11. The Hall–Kier alpha value is -3.18. The summed E-state index contributed by atoms with van der Waals surface area (Å²) in [6.07, 6.45) is -9.52. The number of alkyl halides is 6. The van der Waals surface area contributed by atoms with Crippen molar-refractivity contribution in [2.75, 3.05) is 0 Å². The van der Waals surface area contributed by atoms with Crippen LogP contribution in [-0.4, -0.2) is 14.8 Å². The van der Waals surface area contributed by atoms with Gasteiger partial charge < -0.3 is 4.74 Å². The van der Waals surface area contributed by atoms with Gasteiger partial charge in [-0.25, -0.2) is 13.8 Å². The first kappa shape index (κ1) is 21.5. The van der Waals surface area contributed by atoms with Crippen molar-refractivity contribution in [1.29, 1.82) is 0 Å². The van der Waals surface area contributed by atoms with Crippen LogP contribution in [0.3, 0.4) is 0 Å². The highest BCUT2D eigenvalue weighted by Gasteiger charge is 2.36. The van der Waals surface area contributed by atoms with Gasteiger partial charge in [0.2, 0.25) is 0 Å². The predicted molar refractivity (Wildman–Crippen MR) is 87.6 cm³/mol. The van der Waals surface area contributed by atoms with Crippen LogP contribution in [0.2, 0.25) is 0 Å². The number of hydrogen-bond acceptors (Lipinski definition) is 3. The first-order chi connectivity index (χ1) is 13.8. The van der Waals surface area contributed by atoms with Crippen molar-refractivity contribution >= 4 is 0 Å². The van der Waals surface area contributed by atoms with Crippen LogP contribution in [0.15, 0.2) is 30.3 Å². The molecular formula is C18H11F8N3O. The minimum absolute atomic E-state index is 0.434. The molecule has 0 unspecified atom stereocenters. The molecule has 3 aromatic rings. The van der Waals surface area contributed by atoms with Gasteiger partial charge in [-0.15, -0.1) is 0 Å². The van der Waals surface area contributed by atoms with Crippen LogP contribution >= 0.6 is 0 Å². The van der Waals surface area contributed by atoms with Crippen LogP contribution in [0.4, 0.5) is 35.1 Å². The number of benzene rings is 1. The maximum absolute atomic E-state index is 14.5. The van der Waals surface area contributed by atoms with E-state index in [9.17, 15) is 35.1 Å². The van der Waals surface area contributed by atoms with Crippen molar-refractivity contribution in [3.63, 3.8) is 0 Å². The molecule has 12 heteroatoms. The maximum Gasteiger partial charge on any atom is 0.435 e. The zero-order valence-electron chi connectivity index (χ0n) is 15.2. The van der Waals surface area contributed by atoms with E-state index in [1.807, 2.05) is 0 Å². The lowest BCUT2D eigenvalue weighted by molar-refractivity contribution is -0.141. The van der Waals surface area contributed by atoms with E-state index < -0.39 is 63.8 Å². The second-order valence-electron chi connectivity index (χ2n) is 6.18. The smallest absolute Gasteiger partial charge is 0.435 e. The summed E-state index contributed by atoms with van der Waals surface area (Å²) in [5.41, 5.74) is -4.20. The van der Waals surface area contributed by atoms with Crippen LogP contribution in [0.5, 0.6) is 11.6 Å². The molecule has 0 atom stereocenters. The lowest BCUT2D eigenvalue weighted by Gasteiger charge is -2.13. The first-order valence-corrected chi connectivity index (χ1v) is 8.11. The fraction of sp³-hybridized carbons (Fsp3) is 0.222. The van der Waals surface area contributed by atoms with Gasteiger partial charge in [-0.05, 0) is 31.2 Å². The van der Waals surface area contributed by atoms with Crippen LogP contribution in [0.1, 0.15) is 16.8 Å². The van der Waals surface area contributed by atoms with Crippen molar-refractivity contribution in [3.8, 4) is 23.0 Å². The highest BCUT2D eigenvalue weighted by atomic mass is 19.4. The number of rotatable bonds is 3. The Balaban J connectivity index is 2.09. The molecule has 0 radical (unpaired) electrons. The van der Waals surface area contributed by atoms with Crippen molar-refractivity contribution in [2.45, 2.75) is 19.3 Å². The molecule has 0 saturated heterocycles. The molecule has 2 aromatic heterocycles. The minimum Gasteiger partial charge on any atom is -0.436 e. The van der Waals surface area contributed by atoms with E-state index in [1.54, 1.807) is 0 Å². The van der Waals surface area contributed by atoms with Crippen LogP contribution in [-0.2, 0) is 19.4 Å². The van der Waals surface area contributed by atoms with E-state index in [4.69, 9.17) is 4.74 Å². The van der Waals surface area contributed by atoms with E-state index in [2.05, 4.69) is 10.1 Å². The van der Waals surface area contributed by atoms with E-state index in [-0.39, 0.29) is 0 Å². The monoisotopic (exact) mass is 437 g/mol. The quantitative estimate of drug-likeness (QED) is 0.479. The Morgan fingerprint density at radius 3 is 2.17 bits per heavy atom. The standard InChI is InChI=1S/C18H11F8N3O/c1-8-13(19)15(11-7-12(18(24,25)26)28-29(11)2)27-16(14(8)20)30-10-5-3-4-9(6-10)17(21,22)23/h3-7H,1-2H3. The number of halogens is 8. The zero-order valence-corrected chi connectivity index (χ0v) is 15.2. The maximum atomic E-state index is 14.5. The summed E-state index contributed by atoms with van der Waals surface area (Å²) in [6, 6.07) is 3.93. The SMILES string of the molecule is Cc1c(F)c(Oc2cccc(C(F)(F)F)c2)nc(-c2cc(C(F)(F)F)nn2C)c1F. The topological polar surface area (TPSA) is 39.9 Å². The molecule has 0 fully saturated rings. The zero-order chi connectivity index (χ0) is 22.4. The van der Waals surface area contributed by atoms with Gasteiger partial charge in [0.05, 0.1) is 11.3 Å². The molecule has 2 heterocycles. The normalized spacial score (nSPS) is 12.3. The van der Waals surface area contributed by atoms with E-state index in [0.29, 0.717) is 16.8 Å². The van der Waals surface area contributed by atoms with Gasteiger partial charge in [-0.2, -0.15) is 31.4 Å². The van der Waals surface area contributed by atoms with Crippen LogP contribution < -0.4 is 4.74 Å². The van der Waals surface area contributed by atoms with Crippen molar-refractivity contribution in [2.24, 2.45) is 7.05 Å². The average Bonchev–Trinajstić information content (AvgIpc) is 3.04. The number of pyridine rings is 1. The fourth-order valence-electron chi connectivity index (χ4n) is 2.55. The molecule has 0 N–H and O–H groups in total. The summed E-state index contributed by atoms with van der Waals surface area (Å²) in [4.78, 5) is 3.56. The van der Waals surface area contributed by atoms with Gasteiger partial charge in [-0.3, -0.25) is 4.68 Å². The molecule has 30 heavy (non-hydrogen) atoms. The summed E-state index contributed by atoms with van der Waals surface area (Å²) < 4.78 is 112. The van der Waals surface area contributed by atoms with E-state index >= 15 is 0 Å². The highest BCUT2D eigenvalue weighted by Crippen LogP contribution is 2.36. The molecule has 0 spiro atoms. The van der Waals surface area contributed by atoms with E-state index in [0.717, 1.165) is 32.2 Å². The molecule has 0 saturated carbocycles. The minimum atomic E-state index is -4.82. The molecule has 0 amide bonds. The number of nitrogens with zero attached hydrogens (tertiary/aromatic N) is 3. The summed E-state index contributed by atoms with van der Waals surface area (Å²) in [5, 5.41) is 3.23. The Morgan fingerprint density at radius 1 is 0.933 bits per heavy atom. The molecule has 3 rings (SSSR count). The van der Waals surface area contributed by atoms with Gasteiger partial charge in [0.15, 0.2) is 17.3 Å². The van der Waals surface area contributed by atoms with Crippen molar-refractivity contribution < 1.29 is 39.9 Å². The van der Waals surface area contributed by atoms with Gasteiger partial charge in [0, 0.05) is 12.6 Å². The Kier molecular flexibility index (Phi) is 5.21. The van der Waals surface area contributed by atoms with Gasteiger partial charge in [-0.1, -0.05) is 6.07 Å². The molecule has 0 aliphatic heterocycles. The molecule has 4 nitrogen and oxygen atoms in total. The average molecular weight is 437 g/mol. The second kappa shape index (κ2) is 7.26. The molecular weight excluding hydrogens is 426 g/mol. The summed E-state index contributed by atoms with van der Waals surface area (Å²) in [7, 11) is 1.09. The fourth-order valence-corrected chi connectivity index (χ4v) is 2.55. The van der Waals surface area contributed by atoms with E-state index in [1.165, 1.54) is 0 Å². The lowest BCUT2D eigenvalue weighted by atomic mass is 10.1. The molecule has 0 aliphatic rings. The van der Waals surface area contributed by atoms with Crippen LogP contribution in [0, 0.1) is 18.6 Å². The lowest BCUT2D eigenvalue weighted by Crippen LogP contribution is -2.07. The number of hydrogen-bond donors (Lipinski definition) is 0. The van der Waals surface area contributed by atoms with Crippen molar-refractivity contribution in [1.82, 2.24) is 14.8 Å². The Morgan fingerprint density at radius 2 is 1.60 bits per heavy atom. The summed E-state index contributed by atoms with van der Waals surface area (Å²) >= 11 is 0. The van der Waals surface area contributed by atoms with Gasteiger partial charge in [0.1, 0.15) is 11.4 Å².